The molecule has 7 nitrogen and oxygen atoms in total. The number of urea groups is 1. The van der Waals surface area contributed by atoms with Crippen molar-refractivity contribution in [3.8, 4) is 0 Å². The van der Waals surface area contributed by atoms with Gasteiger partial charge in [-0.2, -0.15) is 0 Å². The van der Waals surface area contributed by atoms with E-state index in [4.69, 9.17) is 0 Å². The van der Waals surface area contributed by atoms with Crippen molar-refractivity contribution < 1.29 is 9.59 Å². The van der Waals surface area contributed by atoms with Crippen LogP contribution in [-0.4, -0.2) is 33.8 Å². The number of hydrogen-bond donors (Lipinski definition) is 2. The number of imide groups is 1. The van der Waals surface area contributed by atoms with Gasteiger partial charge >= 0.3 is 6.03 Å². The molecule has 2 N–H and O–H groups in total. The summed E-state index contributed by atoms with van der Waals surface area (Å²) in [7, 11) is 0. The van der Waals surface area contributed by atoms with Gasteiger partial charge in [0.15, 0.2) is 5.16 Å². The number of fused-ring (bicyclic) bond motifs is 1. The third kappa shape index (κ3) is 5.32. The van der Waals surface area contributed by atoms with E-state index in [0.717, 1.165) is 29.7 Å². The zero-order chi connectivity index (χ0) is 20.0. The van der Waals surface area contributed by atoms with Crippen LogP contribution in [0.25, 0.3) is 10.2 Å². The van der Waals surface area contributed by atoms with E-state index in [1.807, 2.05) is 20.8 Å². The van der Waals surface area contributed by atoms with E-state index >= 15 is 0 Å². The Hall–Kier alpha value is -1.87. The largest absolute Gasteiger partial charge is 0.338 e. The van der Waals surface area contributed by atoms with E-state index in [1.54, 1.807) is 4.57 Å². The zero-order valence-corrected chi connectivity index (χ0v) is 17.8. The summed E-state index contributed by atoms with van der Waals surface area (Å²) in [6, 6.07) is -0.501. The lowest BCUT2D eigenvalue weighted by Gasteiger charge is -2.12. The van der Waals surface area contributed by atoms with Gasteiger partial charge in [0.1, 0.15) is 4.83 Å². The van der Waals surface area contributed by atoms with Crippen LogP contribution in [0.15, 0.2) is 9.95 Å². The number of carbonyl (C=O) groups is 2. The Kier molecular flexibility index (Phi) is 7.85. The van der Waals surface area contributed by atoms with Crippen molar-refractivity contribution >= 4 is 45.3 Å². The summed E-state index contributed by atoms with van der Waals surface area (Å²) in [4.78, 5) is 43.0. The number of aryl methyl sites for hydroxylation is 2. The van der Waals surface area contributed by atoms with E-state index < -0.39 is 11.9 Å². The molecule has 2 aromatic heterocycles. The summed E-state index contributed by atoms with van der Waals surface area (Å²) < 4.78 is 1.65. The summed E-state index contributed by atoms with van der Waals surface area (Å²) >= 11 is 2.67. The highest BCUT2D eigenvalue weighted by Gasteiger charge is 2.18. The average Bonchev–Trinajstić information content (AvgIpc) is 2.91. The van der Waals surface area contributed by atoms with Gasteiger partial charge in [-0.1, -0.05) is 32.0 Å². The maximum atomic E-state index is 13.0. The van der Waals surface area contributed by atoms with Crippen molar-refractivity contribution in [1.29, 1.82) is 0 Å². The molecular formula is C18H26N4O3S2. The fourth-order valence-corrected chi connectivity index (χ4v) is 4.40. The van der Waals surface area contributed by atoms with Gasteiger partial charge in [0.05, 0.1) is 11.1 Å². The van der Waals surface area contributed by atoms with Crippen molar-refractivity contribution in [2.45, 2.75) is 58.7 Å². The minimum atomic E-state index is -0.501. The lowest BCUT2D eigenvalue weighted by molar-refractivity contribution is -0.117. The van der Waals surface area contributed by atoms with Crippen molar-refractivity contribution in [2.24, 2.45) is 0 Å². The fraction of sp³-hybridized carbons (Fsp3) is 0.556. The molecule has 0 radical (unpaired) electrons. The van der Waals surface area contributed by atoms with Gasteiger partial charge in [-0.3, -0.25) is 19.5 Å². The molecule has 9 heteroatoms. The van der Waals surface area contributed by atoms with Gasteiger partial charge in [0.2, 0.25) is 5.91 Å². The first-order valence-electron chi connectivity index (χ1n) is 9.10. The summed E-state index contributed by atoms with van der Waals surface area (Å²) in [5, 5.41) is 6.07. The first kappa shape index (κ1) is 21.4. The van der Waals surface area contributed by atoms with Crippen LogP contribution >= 0.6 is 23.1 Å². The van der Waals surface area contributed by atoms with E-state index in [9.17, 15) is 14.4 Å². The van der Waals surface area contributed by atoms with Gasteiger partial charge in [-0.15, -0.1) is 11.3 Å². The van der Waals surface area contributed by atoms with Gasteiger partial charge in [0, 0.05) is 18.0 Å². The second-order valence-corrected chi connectivity index (χ2v) is 8.41. The highest BCUT2D eigenvalue weighted by Crippen LogP contribution is 2.28. The maximum Gasteiger partial charge on any atom is 0.321 e. The number of rotatable bonds is 8. The lowest BCUT2D eigenvalue weighted by Crippen LogP contribution is -2.40. The van der Waals surface area contributed by atoms with Crippen molar-refractivity contribution in [3.05, 3.63) is 20.8 Å². The van der Waals surface area contributed by atoms with Crippen molar-refractivity contribution in [1.82, 2.24) is 20.2 Å². The van der Waals surface area contributed by atoms with Crippen LogP contribution < -0.4 is 16.2 Å². The zero-order valence-electron chi connectivity index (χ0n) is 16.2. The second kappa shape index (κ2) is 9.89. The quantitative estimate of drug-likeness (QED) is 0.515. The number of hydrogen-bond acceptors (Lipinski definition) is 6. The predicted molar refractivity (Wildman–Crippen MR) is 111 cm³/mol. The summed E-state index contributed by atoms with van der Waals surface area (Å²) in [6.45, 7) is 8.99. The first-order chi connectivity index (χ1) is 12.9. The molecule has 0 saturated heterocycles. The molecule has 2 aromatic rings. The van der Waals surface area contributed by atoms with Gasteiger partial charge < -0.3 is 5.32 Å². The minimum Gasteiger partial charge on any atom is -0.338 e. The molecule has 0 spiro atoms. The third-order valence-electron chi connectivity index (χ3n) is 4.11. The highest BCUT2D eigenvalue weighted by molar-refractivity contribution is 7.99. The van der Waals surface area contributed by atoms with Gasteiger partial charge in [-0.25, -0.2) is 9.78 Å². The van der Waals surface area contributed by atoms with Crippen LogP contribution in [0, 0.1) is 13.8 Å². The maximum absolute atomic E-state index is 13.0. The smallest absolute Gasteiger partial charge is 0.321 e. The molecule has 2 rings (SSSR count). The van der Waals surface area contributed by atoms with E-state index in [0.29, 0.717) is 28.5 Å². The van der Waals surface area contributed by atoms with Crippen LogP contribution in [0.1, 0.15) is 43.6 Å². The molecule has 0 aliphatic heterocycles. The Labute approximate surface area is 166 Å². The van der Waals surface area contributed by atoms with Gasteiger partial charge in [-0.05, 0) is 32.3 Å². The van der Waals surface area contributed by atoms with Crippen LogP contribution in [0.4, 0.5) is 4.79 Å². The molecule has 0 aliphatic rings. The Morgan fingerprint density at radius 3 is 2.63 bits per heavy atom. The molecule has 0 aromatic carbocycles. The number of carbonyl (C=O) groups excluding carboxylic acids is 2. The fourth-order valence-electron chi connectivity index (χ4n) is 2.51. The molecule has 0 atom stereocenters. The van der Waals surface area contributed by atoms with Gasteiger partial charge in [0.25, 0.3) is 5.56 Å². The van der Waals surface area contributed by atoms with Crippen molar-refractivity contribution in [3.63, 3.8) is 0 Å². The number of thiophene rings is 1. The minimum absolute atomic E-state index is 0.0208. The Morgan fingerprint density at radius 1 is 1.22 bits per heavy atom. The average molecular weight is 411 g/mol. The molecule has 0 bridgehead atoms. The number of aromatic nitrogens is 2. The summed E-state index contributed by atoms with van der Waals surface area (Å²) in [6.07, 6.45) is 2.60. The normalized spacial score (nSPS) is 11.0. The number of unbranched alkanes of at least 4 members (excludes halogenated alkanes) is 1. The van der Waals surface area contributed by atoms with Crippen LogP contribution in [0.3, 0.4) is 0 Å². The van der Waals surface area contributed by atoms with E-state index in [2.05, 4.69) is 22.5 Å². The van der Waals surface area contributed by atoms with E-state index in [-0.39, 0.29) is 11.3 Å². The van der Waals surface area contributed by atoms with E-state index in [1.165, 1.54) is 23.1 Å². The third-order valence-corrected chi connectivity index (χ3v) is 6.19. The first-order valence-corrected chi connectivity index (χ1v) is 10.9. The molecule has 3 amide bonds. The molecule has 2 heterocycles. The molecule has 0 saturated carbocycles. The number of nitrogens with zero attached hydrogens (tertiary/aromatic N) is 2. The predicted octanol–water partition coefficient (Wildman–Crippen LogP) is 3.20. The Balaban J connectivity index is 2.22. The summed E-state index contributed by atoms with van der Waals surface area (Å²) in [5.41, 5.74) is 0.915. The van der Waals surface area contributed by atoms with Crippen LogP contribution in [0.5, 0.6) is 0 Å². The second-order valence-electron chi connectivity index (χ2n) is 6.26. The Bertz CT molecular complexity index is 889. The molecule has 0 aliphatic carbocycles. The summed E-state index contributed by atoms with van der Waals surface area (Å²) in [5.74, 6) is -0.393. The molecule has 0 unspecified atom stereocenters. The van der Waals surface area contributed by atoms with Crippen LogP contribution in [0.2, 0.25) is 0 Å². The standard InChI is InChI=1S/C18H26N4O3S2/c1-5-7-9-22-16(24)14-11(3)12(4)27-15(14)21-18(22)26-10-13(23)20-17(25)19-8-6-2/h5-10H2,1-4H3,(H2,19,20,23,25). The molecule has 148 valence electrons. The molecule has 0 fully saturated rings. The number of amides is 3. The number of thioether (sulfide) groups is 1. The lowest BCUT2D eigenvalue weighted by atomic mass is 10.2. The molecule has 27 heavy (non-hydrogen) atoms. The highest BCUT2D eigenvalue weighted by atomic mass is 32.2. The van der Waals surface area contributed by atoms with Crippen molar-refractivity contribution in [2.75, 3.05) is 12.3 Å². The SMILES string of the molecule is CCCCn1c(SCC(=O)NC(=O)NCCC)nc2sc(C)c(C)c2c1=O. The van der Waals surface area contributed by atoms with Crippen LogP contribution in [-0.2, 0) is 11.3 Å². The topological polar surface area (TPSA) is 93.1 Å². The molecular weight excluding hydrogens is 384 g/mol. The monoisotopic (exact) mass is 410 g/mol. The Morgan fingerprint density at radius 2 is 1.96 bits per heavy atom. The number of nitrogens with one attached hydrogen (secondary N) is 2.